The average Bonchev–Trinajstić information content (AvgIpc) is 3.18. The van der Waals surface area contributed by atoms with Crippen molar-refractivity contribution in [1.29, 1.82) is 0 Å². The Kier molecular flexibility index (Phi) is 5.90. The topological polar surface area (TPSA) is 92.9 Å². The number of pyridine rings is 1. The van der Waals surface area contributed by atoms with Crippen LogP contribution in [0.1, 0.15) is 30.0 Å². The van der Waals surface area contributed by atoms with Crippen molar-refractivity contribution in [3.8, 4) is 16.9 Å². The van der Waals surface area contributed by atoms with Gasteiger partial charge in [-0.3, -0.25) is 9.78 Å². The predicted octanol–water partition coefficient (Wildman–Crippen LogP) is 3.21. The van der Waals surface area contributed by atoms with Crippen LogP contribution in [-0.4, -0.2) is 43.4 Å². The van der Waals surface area contributed by atoms with Gasteiger partial charge >= 0.3 is 5.92 Å². The highest BCUT2D eigenvalue weighted by atomic mass is 35.5. The van der Waals surface area contributed by atoms with Crippen molar-refractivity contribution in [3.05, 3.63) is 59.3 Å². The van der Waals surface area contributed by atoms with E-state index in [4.69, 9.17) is 11.6 Å². The Balaban J connectivity index is 2.14. The van der Waals surface area contributed by atoms with Crippen LogP contribution in [0.2, 0.25) is 5.02 Å². The summed E-state index contributed by atoms with van der Waals surface area (Å²) in [5.41, 5.74) is 1.40. The minimum absolute atomic E-state index is 0.190. The van der Waals surface area contributed by atoms with E-state index in [1.807, 2.05) is 0 Å². The third-order valence-corrected chi connectivity index (χ3v) is 4.26. The number of hydrogen-bond acceptors (Lipinski definition) is 5. The fraction of sp³-hybridized carbons (Fsp3) is 0.263. The first-order valence-corrected chi connectivity index (χ1v) is 9.04. The number of aromatic nitrogens is 4. The van der Waals surface area contributed by atoms with E-state index < -0.39 is 23.7 Å². The van der Waals surface area contributed by atoms with Crippen molar-refractivity contribution in [2.24, 2.45) is 0 Å². The minimum Gasteiger partial charge on any atom is -0.394 e. The number of nitrogens with one attached hydrogen (secondary N) is 1. The van der Waals surface area contributed by atoms with Gasteiger partial charge in [-0.25, -0.2) is 9.67 Å². The minimum atomic E-state index is -3.24. The summed E-state index contributed by atoms with van der Waals surface area (Å²) in [5, 5.41) is 16.1. The zero-order chi connectivity index (χ0) is 21.2. The smallest absolute Gasteiger partial charge is 0.303 e. The third-order valence-electron chi connectivity index (χ3n) is 4.04. The van der Waals surface area contributed by atoms with Crippen molar-refractivity contribution in [1.82, 2.24) is 25.1 Å². The molecule has 0 aliphatic rings. The molecule has 0 bridgehead atoms. The van der Waals surface area contributed by atoms with Gasteiger partial charge in [-0.15, -0.1) is 0 Å². The first kappa shape index (κ1) is 20.8. The zero-order valence-electron chi connectivity index (χ0n) is 15.6. The maximum atomic E-state index is 13.9. The van der Waals surface area contributed by atoms with Gasteiger partial charge in [0.05, 0.1) is 23.0 Å². The van der Waals surface area contributed by atoms with Crippen molar-refractivity contribution in [2.45, 2.75) is 25.8 Å². The van der Waals surface area contributed by atoms with Crippen molar-refractivity contribution >= 4 is 17.5 Å². The summed E-state index contributed by atoms with van der Waals surface area (Å²) in [5.74, 6) is -4.28. The molecular weight excluding hydrogens is 404 g/mol. The summed E-state index contributed by atoms with van der Waals surface area (Å²) in [6.45, 7) is 2.11. The van der Waals surface area contributed by atoms with E-state index in [-0.39, 0.29) is 17.9 Å². The third kappa shape index (κ3) is 4.75. The maximum absolute atomic E-state index is 13.9. The normalized spacial score (nSPS) is 12.6. The molecule has 1 amide bonds. The van der Waals surface area contributed by atoms with Crippen LogP contribution in [0.15, 0.2) is 42.9 Å². The maximum Gasteiger partial charge on any atom is 0.303 e. The molecule has 1 atom stereocenters. The second kappa shape index (κ2) is 8.22. The van der Waals surface area contributed by atoms with E-state index in [2.05, 4.69) is 20.4 Å². The molecule has 10 heteroatoms. The van der Waals surface area contributed by atoms with Crippen LogP contribution < -0.4 is 5.32 Å². The molecule has 3 aromatic rings. The summed E-state index contributed by atoms with van der Waals surface area (Å²) in [6.07, 6.45) is 2.46. The summed E-state index contributed by atoms with van der Waals surface area (Å²) < 4.78 is 28.8. The molecule has 0 unspecified atom stereocenters. The molecule has 0 spiro atoms. The van der Waals surface area contributed by atoms with E-state index >= 15 is 0 Å². The number of rotatable bonds is 6. The summed E-state index contributed by atoms with van der Waals surface area (Å²) in [7, 11) is 0. The van der Waals surface area contributed by atoms with Gasteiger partial charge < -0.3 is 10.4 Å². The Morgan fingerprint density at radius 3 is 2.69 bits per heavy atom. The molecule has 0 saturated heterocycles. The second-order valence-corrected chi connectivity index (χ2v) is 7.01. The Labute approximate surface area is 170 Å². The van der Waals surface area contributed by atoms with Gasteiger partial charge in [0, 0.05) is 30.3 Å². The zero-order valence-corrected chi connectivity index (χ0v) is 16.4. The van der Waals surface area contributed by atoms with E-state index in [9.17, 15) is 18.7 Å². The highest BCUT2D eigenvalue weighted by Gasteiger charge is 2.31. The molecule has 2 heterocycles. The Morgan fingerprint density at radius 2 is 2.07 bits per heavy atom. The van der Waals surface area contributed by atoms with Gasteiger partial charge in [0.15, 0.2) is 0 Å². The van der Waals surface area contributed by atoms with Crippen LogP contribution in [0.3, 0.4) is 0 Å². The van der Waals surface area contributed by atoms with Gasteiger partial charge in [-0.1, -0.05) is 11.6 Å². The monoisotopic (exact) mass is 421 g/mol. The lowest BCUT2D eigenvalue weighted by atomic mass is 10.0. The number of aliphatic hydroxyl groups excluding tert-OH is 1. The van der Waals surface area contributed by atoms with Crippen molar-refractivity contribution < 1.29 is 18.7 Å². The average molecular weight is 422 g/mol. The lowest BCUT2D eigenvalue weighted by Crippen LogP contribution is -2.35. The molecule has 3 rings (SSSR count). The molecule has 29 heavy (non-hydrogen) atoms. The van der Waals surface area contributed by atoms with E-state index in [1.165, 1.54) is 12.3 Å². The lowest BCUT2D eigenvalue weighted by molar-refractivity contribution is 0.00554. The fourth-order valence-electron chi connectivity index (χ4n) is 2.64. The number of nitrogens with zero attached hydrogens (tertiary/aromatic N) is 4. The number of carbonyl (C=O) groups excluding carboxylic acids is 1. The van der Waals surface area contributed by atoms with Crippen LogP contribution in [0, 0.1) is 0 Å². The van der Waals surface area contributed by atoms with Gasteiger partial charge in [-0.2, -0.15) is 13.9 Å². The van der Waals surface area contributed by atoms with Crippen LogP contribution in [-0.2, 0) is 5.92 Å². The van der Waals surface area contributed by atoms with E-state index in [0.29, 0.717) is 23.2 Å². The lowest BCUT2D eigenvalue weighted by Gasteiger charge is -2.15. The number of halogens is 3. The largest absolute Gasteiger partial charge is 0.394 e. The van der Waals surface area contributed by atoms with Crippen LogP contribution in [0.4, 0.5) is 8.78 Å². The van der Waals surface area contributed by atoms with E-state index in [0.717, 1.165) is 11.0 Å². The Hall–Kier alpha value is -2.91. The van der Waals surface area contributed by atoms with Crippen molar-refractivity contribution in [2.75, 3.05) is 6.61 Å². The highest BCUT2D eigenvalue weighted by molar-refractivity contribution is 6.30. The number of aliphatic hydroxyl groups is 1. The van der Waals surface area contributed by atoms with Gasteiger partial charge in [0.1, 0.15) is 6.33 Å². The van der Waals surface area contributed by atoms with Gasteiger partial charge in [-0.05, 0) is 37.3 Å². The number of alkyl halides is 2. The Morgan fingerprint density at radius 1 is 1.31 bits per heavy atom. The molecule has 0 saturated carbocycles. The number of amides is 1. The molecular formula is C19H18ClF2N5O2. The molecule has 1 aromatic carbocycles. The molecule has 152 valence electrons. The fourth-order valence-corrected chi connectivity index (χ4v) is 2.75. The van der Waals surface area contributed by atoms with Crippen molar-refractivity contribution in [3.63, 3.8) is 0 Å². The Bertz CT molecular complexity index is 1020. The molecule has 0 aliphatic heterocycles. The molecule has 2 aromatic heterocycles. The first-order valence-electron chi connectivity index (χ1n) is 8.66. The number of hydrogen-bond donors (Lipinski definition) is 2. The molecule has 7 nitrogen and oxygen atoms in total. The second-order valence-electron chi connectivity index (χ2n) is 6.57. The van der Waals surface area contributed by atoms with Crippen LogP contribution >= 0.6 is 11.6 Å². The number of benzene rings is 1. The highest BCUT2D eigenvalue weighted by Crippen LogP contribution is 2.29. The molecule has 0 fully saturated rings. The SMILES string of the molecule is C[C@@H](CO)NC(=O)c1cc(-c2ccc(Cl)cn2)cc(-n2ncnc2C(C)(F)F)c1. The van der Waals surface area contributed by atoms with Gasteiger partial charge in [0.25, 0.3) is 5.91 Å². The summed E-state index contributed by atoms with van der Waals surface area (Å²) in [6, 6.07) is 7.36. The van der Waals surface area contributed by atoms with Crippen LogP contribution in [0.5, 0.6) is 0 Å². The molecule has 2 N–H and O–H groups in total. The van der Waals surface area contributed by atoms with E-state index in [1.54, 1.807) is 31.2 Å². The summed E-state index contributed by atoms with van der Waals surface area (Å²) in [4.78, 5) is 20.5. The molecule has 0 radical (unpaired) electrons. The first-order chi connectivity index (χ1) is 13.7. The standard InChI is InChI=1S/C19H18ClF2N5O2/c1-11(9-28)26-17(29)13-5-12(16-4-3-14(20)8-23-16)6-15(7-13)27-18(19(2,21)22)24-10-25-27/h3-8,10-11,28H,9H2,1-2H3,(H,26,29)/t11-/m0/s1. The predicted molar refractivity (Wildman–Crippen MR) is 103 cm³/mol. The quantitative estimate of drug-likeness (QED) is 0.637. The summed E-state index contributed by atoms with van der Waals surface area (Å²) >= 11 is 5.88. The van der Waals surface area contributed by atoms with Crippen LogP contribution in [0.25, 0.3) is 16.9 Å². The van der Waals surface area contributed by atoms with Gasteiger partial charge in [0.2, 0.25) is 5.82 Å². The number of carbonyl (C=O) groups is 1. The molecule has 0 aliphatic carbocycles.